The zero-order chi connectivity index (χ0) is 43.0. The summed E-state index contributed by atoms with van der Waals surface area (Å²) in [6.07, 6.45) is 3.77. The van der Waals surface area contributed by atoms with Crippen molar-refractivity contribution in [3.05, 3.63) is 54.6 Å². The number of carbonyl (C=O) groups excluding carboxylic acids is 4. The third-order valence-electron chi connectivity index (χ3n) is 12.9. The first-order valence-corrected chi connectivity index (χ1v) is 22.6. The maximum atomic E-state index is 14.8. The van der Waals surface area contributed by atoms with Gasteiger partial charge in [0, 0.05) is 34.9 Å². The van der Waals surface area contributed by atoms with Gasteiger partial charge in [0.15, 0.2) is 0 Å². The van der Waals surface area contributed by atoms with Gasteiger partial charge in [-0.2, -0.15) is 0 Å². The summed E-state index contributed by atoms with van der Waals surface area (Å²) in [5.74, 6) is -0.373. The Bertz CT molecular complexity index is 2330. The maximum absolute atomic E-state index is 14.8. The number of ether oxygens (including phenoxy) is 3. The van der Waals surface area contributed by atoms with Gasteiger partial charge in [-0.1, -0.05) is 63.9 Å². The number of pyridine rings is 1. The van der Waals surface area contributed by atoms with Crippen molar-refractivity contribution in [3.8, 4) is 22.8 Å². The number of benzene rings is 2. The zero-order valence-corrected chi connectivity index (χ0v) is 36.4. The lowest BCUT2D eigenvalue weighted by Gasteiger charge is -2.36. The van der Waals surface area contributed by atoms with Crippen LogP contribution in [0.2, 0.25) is 0 Å². The van der Waals surface area contributed by atoms with E-state index in [0.29, 0.717) is 72.5 Å². The number of methoxy groups -OCH3 is 1. The van der Waals surface area contributed by atoms with Crippen molar-refractivity contribution in [1.29, 1.82) is 0 Å². The zero-order valence-electron chi connectivity index (χ0n) is 35.6. The second kappa shape index (κ2) is 14.6. The molecule has 1 aromatic heterocycles. The van der Waals surface area contributed by atoms with E-state index in [2.05, 4.69) is 15.4 Å². The molecule has 322 valence electrons. The minimum Gasteiger partial charge on any atom is -0.497 e. The average molecular weight is 844 g/mol. The van der Waals surface area contributed by atoms with E-state index in [9.17, 15) is 27.6 Å². The van der Waals surface area contributed by atoms with E-state index >= 15 is 0 Å². The number of nitrogens with one attached hydrogen (secondary N) is 3. The van der Waals surface area contributed by atoms with E-state index in [1.165, 1.54) is 4.90 Å². The number of rotatable bonds is 13. The van der Waals surface area contributed by atoms with Crippen LogP contribution >= 0.6 is 0 Å². The average Bonchev–Trinajstić information content (AvgIpc) is 4.03. The predicted octanol–water partition coefficient (Wildman–Crippen LogP) is 6.02. The van der Waals surface area contributed by atoms with Crippen LogP contribution in [0.5, 0.6) is 11.5 Å². The van der Waals surface area contributed by atoms with Crippen LogP contribution < -0.4 is 24.8 Å². The molecule has 8 rings (SSSR count). The van der Waals surface area contributed by atoms with E-state index in [1.54, 1.807) is 33.9 Å². The Morgan fingerprint density at radius 3 is 2.23 bits per heavy atom. The van der Waals surface area contributed by atoms with E-state index in [4.69, 9.17) is 19.2 Å². The third-order valence-corrected chi connectivity index (χ3v) is 15.1. The van der Waals surface area contributed by atoms with Crippen LogP contribution in [0.4, 0.5) is 4.79 Å². The van der Waals surface area contributed by atoms with Gasteiger partial charge in [-0.3, -0.25) is 19.1 Å². The Kier molecular flexibility index (Phi) is 10.2. The van der Waals surface area contributed by atoms with Crippen molar-refractivity contribution >= 4 is 44.7 Å². The molecule has 60 heavy (non-hydrogen) atoms. The molecule has 1 spiro atoms. The number of amides is 4. The Morgan fingerprint density at radius 2 is 1.65 bits per heavy atom. The first kappa shape index (κ1) is 41.8. The molecule has 2 aromatic carbocycles. The van der Waals surface area contributed by atoms with Gasteiger partial charge in [0.25, 0.3) is 5.91 Å². The van der Waals surface area contributed by atoms with Crippen LogP contribution in [-0.2, 0) is 29.1 Å². The maximum Gasteiger partial charge on any atom is 0.408 e. The number of fused-ring (bicyclic) bond motifs is 1. The summed E-state index contributed by atoms with van der Waals surface area (Å²) in [6.45, 7) is 10.6. The monoisotopic (exact) mass is 843 g/mol. The lowest BCUT2D eigenvalue weighted by molar-refractivity contribution is -0.143. The Morgan fingerprint density at radius 1 is 0.950 bits per heavy atom. The fourth-order valence-corrected chi connectivity index (χ4v) is 10.6. The van der Waals surface area contributed by atoms with E-state index in [-0.39, 0.29) is 13.0 Å². The lowest BCUT2D eigenvalue weighted by Crippen LogP contribution is -2.60. The Hall–Kier alpha value is -4.92. The molecule has 0 radical (unpaired) electrons. The molecule has 0 bridgehead atoms. The number of hydrogen-bond acceptors (Lipinski definition) is 10. The highest BCUT2D eigenvalue weighted by Crippen LogP contribution is 2.73. The van der Waals surface area contributed by atoms with E-state index < -0.39 is 78.7 Å². The van der Waals surface area contributed by atoms with Gasteiger partial charge in [-0.05, 0) is 82.8 Å². The smallest absolute Gasteiger partial charge is 0.408 e. The van der Waals surface area contributed by atoms with Gasteiger partial charge in [0.1, 0.15) is 40.8 Å². The fourth-order valence-electron chi connectivity index (χ4n) is 8.91. The molecular weight excluding hydrogens is 787 g/mol. The molecule has 3 aromatic rings. The summed E-state index contributed by atoms with van der Waals surface area (Å²) in [7, 11) is -2.41. The lowest BCUT2D eigenvalue weighted by atomic mass is 9.85. The SMILES string of the molecule is COc1ccc2c(O[C@@H]3C[C@@H](C(=O)N[C@@]4(C(=O)NS(=O)(=O)C5(CC6CC6)CC5)CC45CC5)N(C(=O)[C@@H](NC(=O)OC(C)(C)C)C(C)(C)C)C3)cc(-c3ccccc3)nc2c1. The first-order chi connectivity index (χ1) is 28.2. The quantitative estimate of drug-likeness (QED) is 0.184. The highest BCUT2D eigenvalue weighted by atomic mass is 32.2. The molecule has 1 saturated heterocycles. The minimum absolute atomic E-state index is 0.0253. The first-order valence-electron chi connectivity index (χ1n) is 21.1. The number of alkyl carbamates (subject to hydrolysis) is 1. The topological polar surface area (TPSA) is 182 Å². The number of carbonyl (C=O) groups is 4. The molecule has 15 heteroatoms. The molecule has 2 heterocycles. The van der Waals surface area contributed by atoms with E-state index in [0.717, 1.165) is 18.4 Å². The number of likely N-dealkylation sites (tertiary alicyclic amines) is 1. The number of sulfonamides is 1. The van der Waals surface area contributed by atoms with Crippen molar-refractivity contribution in [1.82, 2.24) is 25.2 Å². The van der Waals surface area contributed by atoms with Crippen molar-refractivity contribution < 1.29 is 41.8 Å². The number of nitrogens with zero attached hydrogens (tertiary/aromatic N) is 2. The van der Waals surface area contributed by atoms with Crippen molar-refractivity contribution in [2.24, 2.45) is 16.7 Å². The second-order valence-corrected chi connectivity index (χ2v) is 21.9. The summed E-state index contributed by atoms with van der Waals surface area (Å²) in [5.41, 5.74) is -1.47. The number of aromatic nitrogens is 1. The van der Waals surface area contributed by atoms with Crippen LogP contribution in [0, 0.1) is 16.7 Å². The molecular formula is C45H57N5O9S. The summed E-state index contributed by atoms with van der Waals surface area (Å²) in [4.78, 5) is 63.2. The van der Waals surface area contributed by atoms with Gasteiger partial charge in [-0.15, -0.1) is 0 Å². The van der Waals surface area contributed by atoms with Gasteiger partial charge < -0.3 is 29.7 Å². The molecule has 4 saturated carbocycles. The highest BCUT2D eigenvalue weighted by molar-refractivity contribution is 7.91. The van der Waals surface area contributed by atoms with Crippen LogP contribution in [-0.4, -0.2) is 89.8 Å². The summed E-state index contributed by atoms with van der Waals surface area (Å²) in [6, 6.07) is 14.7. The Labute approximate surface area is 351 Å². The highest BCUT2D eigenvalue weighted by Gasteiger charge is 2.79. The normalized spacial score (nSPS) is 24.3. The van der Waals surface area contributed by atoms with Gasteiger partial charge in [-0.25, -0.2) is 18.2 Å². The van der Waals surface area contributed by atoms with Crippen LogP contribution in [0.15, 0.2) is 54.6 Å². The second-order valence-electron chi connectivity index (χ2n) is 19.8. The molecule has 5 aliphatic rings. The van der Waals surface area contributed by atoms with Crippen molar-refractivity contribution in [2.45, 2.75) is 133 Å². The molecule has 5 fully saturated rings. The largest absolute Gasteiger partial charge is 0.497 e. The summed E-state index contributed by atoms with van der Waals surface area (Å²) in [5, 5.41) is 6.46. The third kappa shape index (κ3) is 8.13. The summed E-state index contributed by atoms with van der Waals surface area (Å²) >= 11 is 0. The standard InChI is InChI=1S/C45H57N5O9S/c1-41(2,3)36(47-40(54)59-42(4,5)6)38(52)50-25-30(58-35-23-32(28-11-9-8-10-12-28)46-33-21-29(57-7)15-16-31(33)35)22-34(50)37(51)48-45(26-43(45)17-18-43)39(53)49-60(55,56)44(19-20-44)24-27-13-14-27/h8-12,15-16,21,23,27,30,34,36H,13-14,17-20,22,24-26H2,1-7H3,(H,47,54)(H,48,51)(H,49,53)/t30-,34+,36-,45-/m1/s1. The molecule has 4 amide bonds. The van der Waals surface area contributed by atoms with E-state index in [1.807, 2.05) is 69.3 Å². The van der Waals surface area contributed by atoms with Crippen LogP contribution in [0.25, 0.3) is 22.2 Å². The van der Waals surface area contributed by atoms with Crippen LogP contribution in [0.3, 0.4) is 0 Å². The predicted molar refractivity (Wildman–Crippen MR) is 224 cm³/mol. The molecule has 1 aliphatic heterocycles. The minimum atomic E-state index is -3.99. The molecule has 4 aliphatic carbocycles. The fraction of sp³-hybridized carbons (Fsp3) is 0.578. The van der Waals surface area contributed by atoms with Crippen molar-refractivity contribution in [3.63, 3.8) is 0 Å². The molecule has 0 unspecified atom stereocenters. The van der Waals surface area contributed by atoms with Crippen LogP contribution in [0.1, 0.15) is 99.3 Å². The Balaban J connectivity index is 1.10. The van der Waals surface area contributed by atoms with Gasteiger partial charge in [0.2, 0.25) is 21.8 Å². The van der Waals surface area contributed by atoms with Gasteiger partial charge in [0.05, 0.1) is 29.6 Å². The van der Waals surface area contributed by atoms with Gasteiger partial charge >= 0.3 is 6.09 Å². The van der Waals surface area contributed by atoms with Crippen molar-refractivity contribution in [2.75, 3.05) is 13.7 Å². The number of hydrogen-bond donors (Lipinski definition) is 3. The molecule has 4 atom stereocenters. The molecule has 3 N–H and O–H groups in total. The summed E-state index contributed by atoms with van der Waals surface area (Å²) < 4.78 is 46.7. The molecule has 14 nitrogen and oxygen atoms in total.